The zero-order chi connectivity index (χ0) is 20.0. The van der Waals surface area contributed by atoms with Gasteiger partial charge in [0.1, 0.15) is 11.3 Å². The third kappa shape index (κ3) is 3.90. The quantitative estimate of drug-likeness (QED) is 0.630. The Morgan fingerprint density at radius 3 is 2.44 bits per heavy atom. The zero-order valence-corrected chi connectivity index (χ0v) is 15.0. The zero-order valence-electron chi connectivity index (χ0n) is 14.1. The van der Waals surface area contributed by atoms with Crippen molar-refractivity contribution in [2.45, 2.75) is 30.8 Å². The molecule has 0 radical (unpaired) electrons. The van der Waals surface area contributed by atoms with E-state index in [-0.39, 0.29) is 17.7 Å². The Morgan fingerprint density at radius 1 is 1.11 bits per heavy atom. The van der Waals surface area contributed by atoms with Crippen LogP contribution >= 0.6 is 0 Å². The van der Waals surface area contributed by atoms with Gasteiger partial charge in [0.2, 0.25) is 0 Å². The molecule has 0 fully saturated rings. The lowest BCUT2D eigenvalue weighted by molar-refractivity contribution is -0.140. The maximum Gasteiger partial charge on any atom is 0.419 e. The fourth-order valence-electron chi connectivity index (χ4n) is 2.36. The van der Waals surface area contributed by atoms with Crippen molar-refractivity contribution < 1.29 is 30.4 Å². The molecule has 3 aromatic rings. The molecule has 0 aliphatic heterocycles. The van der Waals surface area contributed by atoms with E-state index in [0.29, 0.717) is 23.1 Å². The molecule has 0 spiro atoms. The van der Waals surface area contributed by atoms with Gasteiger partial charge in [-0.1, -0.05) is 13.8 Å². The third-order valence-electron chi connectivity index (χ3n) is 3.70. The van der Waals surface area contributed by atoms with Crippen LogP contribution in [-0.2, 0) is 16.2 Å². The molecule has 0 atom stereocenters. The molecule has 1 N–H and O–H groups in total. The summed E-state index contributed by atoms with van der Waals surface area (Å²) in [7, 11) is -4.37. The topological polar surface area (TPSA) is 72.2 Å². The van der Waals surface area contributed by atoms with E-state index in [1.54, 1.807) is 0 Å². The highest BCUT2D eigenvalue weighted by Crippen LogP contribution is 2.33. The van der Waals surface area contributed by atoms with Crippen molar-refractivity contribution in [3.05, 3.63) is 53.7 Å². The van der Waals surface area contributed by atoms with Gasteiger partial charge in [-0.25, -0.2) is 17.8 Å². The molecule has 1 aromatic heterocycles. The number of aromatic nitrogens is 1. The first-order chi connectivity index (χ1) is 12.5. The number of rotatable bonds is 4. The molecule has 0 amide bonds. The van der Waals surface area contributed by atoms with Gasteiger partial charge in [-0.3, -0.25) is 4.72 Å². The van der Waals surface area contributed by atoms with E-state index in [4.69, 9.17) is 4.42 Å². The van der Waals surface area contributed by atoms with E-state index in [9.17, 15) is 26.0 Å². The Morgan fingerprint density at radius 2 is 1.81 bits per heavy atom. The number of benzene rings is 2. The number of alkyl halides is 3. The summed E-state index contributed by atoms with van der Waals surface area (Å²) in [5, 5.41) is 0. The van der Waals surface area contributed by atoms with E-state index >= 15 is 0 Å². The van der Waals surface area contributed by atoms with Crippen molar-refractivity contribution in [2.75, 3.05) is 4.72 Å². The molecule has 1 heterocycles. The monoisotopic (exact) mass is 402 g/mol. The molecule has 5 nitrogen and oxygen atoms in total. The molecule has 0 aliphatic rings. The fraction of sp³-hybridized carbons (Fsp3) is 0.235. The van der Waals surface area contributed by atoms with E-state index in [2.05, 4.69) is 9.71 Å². The van der Waals surface area contributed by atoms with E-state index in [1.165, 1.54) is 18.2 Å². The number of fused-ring (bicyclic) bond motifs is 1. The van der Waals surface area contributed by atoms with Gasteiger partial charge < -0.3 is 4.42 Å². The maximum absolute atomic E-state index is 13.4. The molecule has 2 aromatic carbocycles. The van der Waals surface area contributed by atoms with E-state index < -0.39 is 32.5 Å². The first kappa shape index (κ1) is 19.2. The van der Waals surface area contributed by atoms with Crippen LogP contribution < -0.4 is 4.72 Å². The molecule has 0 unspecified atom stereocenters. The minimum Gasteiger partial charge on any atom is -0.440 e. The summed E-state index contributed by atoms with van der Waals surface area (Å²) in [6.07, 6.45) is -5.01. The Hall–Kier alpha value is -2.62. The minimum absolute atomic E-state index is 0.0255. The summed E-state index contributed by atoms with van der Waals surface area (Å²) >= 11 is 0. The number of hydrogen-bond donors (Lipinski definition) is 1. The number of sulfonamides is 1. The van der Waals surface area contributed by atoms with Gasteiger partial charge in [0.25, 0.3) is 10.0 Å². The molecule has 27 heavy (non-hydrogen) atoms. The number of anilines is 1. The van der Waals surface area contributed by atoms with Crippen molar-refractivity contribution in [3.8, 4) is 0 Å². The number of nitrogens with one attached hydrogen (secondary N) is 1. The standard InChI is InChI=1S/C17H14F4N2O3S/c1-9(2)16-22-14-7-10(3-6-15(14)26-16)23-27(24,25)11-4-5-13(18)12(8-11)17(19,20)21/h3-9,23H,1-2H3. The van der Waals surface area contributed by atoms with Crippen LogP contribution in [0.4, 0.5) is 23.2 Å². The van der Waals surface area contributed by atoms with Crippen molar-refractivity contribution in [1.82, 2.24) is 4.98 Å². The first-order valence-electron chi connectivity index (χ1n) is 7.77. The van der Waals surface area contributed by atoms with Gasteiger partial charge >= 0.3 is 6.18 Å². The Bertz CT molecular complexity index is 1110. The summed E-state index contributed by atoms with van der Waals surface area (Å²) < 4.78 is 84.3. The second-order valence-electron chi connectivity index (χ2n) is 6.13. The van der Waals surface area contributed by atoms with Crippen LogP contribution in [0.3, 0.4) is 0 Å². The largest absolute Gasteiger partial charge is 0.440 e. The second-order valence-corrected chi connectivity index (χ2v) is 7.82. The van der Waals surface area contributed by atoms with E-state index in [0.717, 1.165) is 6.07 Å². The van der Waals surface area contributed by atoms with Crippen LogP contribution in [0.1, 0.15) is 31.2 Å². The molecule has 144 valence electrons. The highest BCUT2D eigenvalue weighted by molar-refractivity contribution is 7.92. The van der Waals surface area contributed by atoms with Gasteiger partial charge in [0.15, 0.2) is 11.5 Å². The SMILES string of the molecule is CC(C)c1nc2cc(NS(=O)(=O)c3ccc(F)c(C(F)(F)F)c3)ccc2o1. The first-order valence-corrected chi connectivity index (χ1v) is 9.26. The number of oxazole rings is 1. The van der Waals surface area contributed by atoms with Gasteiger partial charge in [-0.2, -0.15) is 13.2 Å². The molecule has 0 saturated carbocycles. The smallest absolute Gasteiger partial charge is 0.419 e. The summed E-state index contributed by atoms with van der Waals surface area (Å²) in [6, 6.07) is 5.77. The maximum atomic E-state index is 13.4. The number of halogens is 4. The van der Waals surface area contributed by atoms with Crippen LogP contribution in [0.5, 0.6) is 0 Å². The van der Waals surface area contributed by atoms with Crippen LogP contribution in [-0.4, -0.2) is 13.4 Å². The number of nitrogens with zero attached hydrogens (tertiary/aromatic N) is 1. The summed E-state index contributed by atoms with van der Waals surface area (Å²) in [6.45, 7) is 3.75. The second kappa shape index (κ2) is 6.52. The Kier molecular flexibility index (Phi) is 4.62. The van der Waals surface area contributed by atoms with Crippen LogP contribution in [0.15, 0.2) is 45.7 Å². The molecule has 3 rings (SSSR count). The molecular formula is C17H14F4N2O3S. The lowest BCUT2D eigenvalue weighted by Crippen LogP contribution is -2.15. The number of hydrogen-bond acceptors (Lipinski definition) is 4. The van der Waals surface area contributed by atoms with Gasteiger partial charge in [-0.15, -0.1) is 0 Å². The summed E-state index contributed by atoms with van der Waals surface area (Å²) in [4.78, 5) is 3.52. The van der Waals surface area contributed by atoms with Crippen molar-refractivity contribution >= 4 is 26.8 Å². The predicted molar refractivity (Wildman–Crippen MR) is 90.3 cm³/mol. The molecule has 0 saturated heterocycles. The lowest BCUT2D eigenvalue weighted by Gasteiger charge is -2.12. The van der Waals surface area contributed by atoms with Gasteiger partial charge in [0, 0.05) is 5.92 Å². The molecular weight excluding hydrogens is 388 g/mol. The van der Waals surface area contributed by atoms with E-state index in [1.807, 2.05) is 13.8 Å². The highest BCUT2D eigenvalue weighted by Gasteiger charge is 2.35. The van der Waals surface area contributed by atoms with Crippen molar-refractivity contribution in [3.63, 3.8) is 0 Å². The average Bonchev–Trinajstić information content (AvgIpc) is 2.97. The predicted octanol–water partition coefficient (Wildman–Crippen LogP) is 4.91. The van der Waals surface area contributed by atoms with Crippen LogP contribution in [0.25, 0.3) is 11.1 Å². The Balaban J connectivity index is 1.96. The van der Waals surface area contributed by atoms with Gasteiger partial charge in [-0.05, 0) is 36.4 Å². The average molecular weight is 402 g/mol. The summed E-state index contributed by atoms with van der Waals surface area (Å²) in [5.74, 6) is -1.05. The van der Waals surface area contributed by atoms with Crippen LogP contribution in [0, 0.1) is 5.82 Å². The third-order valence-corrected chi connectivity index (χ3v) is 5.08. The van der Waals surface area contributed by atoms with Crippen molar-refractivity contribution in [1.29, 1.82) is 0 Å². The molecule has 0 aliphatic carbocycles. The van der Waals surface area contributed by atoms with Crippen molar-refractivity contribution in [2.24, 2.45) is 0 Å². The van der Waals surface area contributed by atoms with Gasteiger partial charge in [0.05, 0.1) is 16.1 Å². The minimum atomic E-state index is -5.01. The summed E-state index contributed by atoms with van der Waals surface area (Å²) in [5.41, 5.74) is -0.723. The fourth-order valence-corrected chi connectivity index (χ4v) is 3.43. The molecule has 0 bridgehead atoms. The normalized spacial score (nSPS) is 12.7. The van der Waals surface area contributed by atoms with Crippen LogP contribution in [0.2, 0.25) is 0 Å². The highest BCUT2D eigenvalue weighted by atomic mass is 32.2. The Labute approximate surface area is 152 Å². The molecule has 10 heteroatoms. The lowest BCUT2D eigenvalue weighted by atomic mass is 10.2.